The van der Waals surface area contributed by atoms with Crippen LogP contribution in [-0.4, -0.2) is 50.4 Å². The predicted octanol–water partition coefficient (Wildman–Crippen LogP) is -1.20. The monoisotopic (exact) mass is 199 g/mol. The van der Waals surface area contributed by atoms with Crippen LogP contribution in [0.3, 0.4) is 0 Å². The van der Waals surface area contributed by atoms with E-state index in [2.05, 4.69) is 10.6 Å². The van der Waals surface area contributed by atoms with Crippen molar-refractivity contribution >= 4 is 11.8 Å². The second-order valence-corrected chi connectivity index (χ2v) is 3.68. The number of carbonyl (C=O) groups is 2. The molecule has 0 aromatic rings. The van der Waals surface area contributed by atoms with Crippen molar-refractivity contribution in [2.75, 3.05) is 33.7 Å². The zero-order chi connectivity index (χ0) is 10.6. The molecule has 14 heavy (non-hydrogen) atoms. The highest BCUT2D eigenvalue weighted by molar-refractivity contribution is 5.81. The van der Waals surface area contributed by atoms with Crippen molar-refractivity contribution in [2.24, 2.45) is 5.92 Å². The number of rotatable bonds is 4. The van der Waals surface area contributed by atoms with Gasteiger partial charge in [0.15, 0.2) is 0 Å². The third-order valence-electron chi connectivity index (χ3n) is 2.29. The van der Waals surface area contributed by atoms with E-state index in [1.807, 2.05) is 0 Å². The normalized spacial score (nSPS) is 15.9. The molecule has 0 aliphatic carbocycles. The van der Waals surface area contributed by atoms with Crippen molar-refractivity contribution in [3.63, 3.8) is 0 Å². The molecule has 1 saturated heterocycles. The molecule has 0 aromatic heterocycles. The Hall–Kier alpha value is -1.10. The lowest BCUT2D eigenvalue weighted by Gasteiger charge is -2.25. The van der Waals surface area contributed by atoms with Gasteiger partial charge in [0.25, 0.3) is 0 Å². The van der Waals surface area contributed by atoms with Gasteiger partial charge in [0.05, 0.1) is 5.92 Å². The van der Waals surface area contributed by atoms with E-state index in [0.717, 1.165) is 13.1 Å². The van der Waals surface area contributed by atoms with Crippen LogP contribution < -0.4 is 10.6 Å². The van der Waals surface area contributed by atoms with E-state index < -0.39 is 0 Å². The summed E-state index contributed by atoms with van der Waals surface area (Å²) in [7, 11) is 3.42. The molecule has 1 heterocycles. The first-order valence-electron chi connectivity index (χ1n) is 4.80. The second kappa shape index (κ2) is 4.95. The molecular formula is C9H17N3O2. The number of hydrogen-bond acceptors (Lipinski definition) is 3. The fraction of sp³-hybridized carbons (Fsp3) is 0.778. The third-order valence-corrected chi connectivity index (χ3v) is 2.29. The minimum atomic E-state index is 0.0389. The summed E-state index contributed by atoms with van der Waals surface area (Å²) >= 11 is 0. The average molecular weight is 199 g/mol. The maximum Gasteiger partial charge on any atom is 0.225 e. The molecule has 0 unspecified atom stereocenters. The number of nitrogens with zero attached hydrogens (tertiary/aromatic N) is 1. The van der Waals surface area contributed by atoms with Crippen LogP contribution >= 0.6 is 0 Å². The lowest BCUT2D eigenvalue weighted by Crippen LogP contribution is -2.51. The summed E-state index contributed by atoms with van der Waals surface area (Å²) in [6, 6.07) is 0. The maximum absolute atomic E-state index is 11.3. The largest absolute Gasteiger partial charge is 0.355 e. The Morgan fingerprint density at radius 3 is 2.50 bits per heavy atom. The van der Waals surface area contributed by atoms with Crippen molar-refractivity contribution in [1.82, 2.24) is 15.5 Å². The summed E-state index contributed by atoms with van der Waals surface area (Å²) in [5, 5.41) is 5.77. The van der Waals surface area contributed by atoms with Gasteiger partial charge >= 0.3 is 0 Å². The molecule has 5 nitrogen and oxygen atoms in total. The lowest BCUT2D eigenvalue weighted by atomic mass is 10.0. The zero-order valence-corrected chi connectivity index (χ0v) is 8.67. The second-order valence-electron chi connectivity index (χ2n) is 3.68. The molecule has 0 aromatic carbocycles. The first-order chi connectivity index (χ1) is 6.61. The van der Waals surface area contributed by atoms with Gasteiger partial charge in [-0.3, -0.25) is 9.59 Å². The third kappa shape index (κ3) is 2.99. The molecule has 0 bridgehead atoms. The Bertz CT molecular complexity index is 224. The highest BCUT2D eigenvalue weighted by Gasteiger charge is 2.24. The van der Waals surface area contributed by atoms with Crippen LogP contribution in [-0.2, 0) is 9.59 Å². The molecule has 2 N–H and O–H groups in total. The SMILES string of the molecule is CN(C)C(=O)CCNC(=O)C1CNC1. The van der Waals surface area contributed by atoms with Gasteiger partial charge in [0, 0.05) is 40.2 Å². The Morgan fingerprint density at radius 2 is 2.07 bits per heavy atom. The summed E-state index contributed by atoms with van der Waals surface area (Å²) in [4.78, 5) is 24.0. The van der Waals surface area contributed by atoms with E-state index in [1.54, 1.807) is 14.1 Å². The van der Waals surface area contributed by atoms with Crippen LogP contribution in [0.25, 0.3) is 0 Å². The van der Waals surface area contributed by atoms with E-state index >= 15 is 0 Å². The Morgan fingerprint density at radius 1 is 1.43 bits per heavy atom. The van der Waals surface area contributed by atoms with Crippen molar-refractivity contribution in [1.29, 1.82) is 0 Å². The first-order valence-corrected chi connectivity index (χ1v) is 4.80. The molecule has 1 aliphatic rings. The van der Waals surface area contributed by atoms with Gasteiger partial charge in [-0.05, 0) is 0 Å². The molecule has 2 amide bonds. The standard InChI is InChI=1S/C9H17N3O2/c1-12(2)8(13)3-4-11-9(14)7-5-10-6-7/h7,10H,3-6H2,1-2H3,(H,11,14). The summed E-state index contributed by atoms with van der Waals surface area (Å²) in [6.45, 7) is 1.95. The molecule has 5 heteroatoms. The van der Waals surface area contributed by atoms with E-state index in [9.17, 15) is 9.59 Å². The Labute approximate surface area is 83.8 Å². The molecule has 0 atom stereocenters. The summed E-state index contributed by atoms with van der Waals surface area (Å²) in [6.07, 6.45) is 0.374. The van der Waals surface area contributed by atoms with Crippen LogP contribution in [0.4, 0.5) is 0 Å². The average Bonchev–Trinajstić information content (AvgIpc) is 2.00. The summed E-state index contributed by atoms with van der Waals surface area (Å²) in [5.74, 6) is 0.191. The van der Waals surface area contributed by atoms with Crippen LogP contribution in [0.1, 0.15) is 6.42 Å². The van der Waals surface area contributed by atoms with Crippen molar-refractivity contribution < 1.29 is 9.59 Å². The van der Waals surface area contributed by atoms with E-state index in [0.29, 0.717) is 13.0 Å². The van der Waals surface area contributed by atoms with Gasteiger partial charge in [-0.1, -0.05) is 0 Å². The van der Waals surface area contributed by atoms with Crippen molar-refractivity contribution in [3.05, 3.63) is 0 Å². The van der Waals surface area contributed by atoms with Crippen LogP contribution in [0, 0.1) is 5.92 Å². The minimum Gasteiger partial charge on any atom is -0.355 e. The van der Waals surface area contributed by atoms with Gasteiger partial charge in [-0.2, -0.15) is 0 Å². The number of hydrogen-bond donors (Lipinski definition) is 2. The van der Waals surface area contributed by atoms with Crippen molar-refractivity contribution in [3.8, 4) is 0 Å². The fourth-order valence-electron chi connectivity index (χ4n) is 1.13. The molecule has 80 valence electrons. The van der Waals surface area contributed by atoms with E-state index in [-0.39, 0.29) is 17.7 Å². The smallest absolute Gasteiger partial charge is 0.225 e. The van der Waals surface area contributed by atoms with Gasteiger partial charge < -0.3 is 15.5 Å². The maximum atomic E-state index is 11.3. The summed E-state index contributed by atoms with van der Waals surface area (Å²) in [5.41, 5.74) is 0. The van der Waals surface area contributed by atoms with E-state index in [1.165, 1.54) is 4.90 Å². The van der Waals surface area contributed by atoms with Crippen LogP contribution in [0.5, 0.6) is 0 Å². The lowest BCUT2D eigenvalue weighted by molar-refractivity contribution is -0.129. The fourth-order valence-corrected chi connectivity index (χ4v) is 1.13. The Balaban J connectivity index is 2.08. The number of amides is 2. The highest BCUT2D eigenvalue weighted by atomic mass is 16.2. The topological polar surface area (TPSA) is 61.4 Å². The van der Waals surface area contributed by atoms with Gasteiger partial charge in [0.1, 0.15) is 0 Å². The molecule has 1 fully saturated rings. The number of carbonyl (C=O) groups excluding carboxylic acids is 2. The quantitative estimate of drug-likeness (QED) is 0.598. The van der Waals surface area contributed by atoms with Crippen LogP contribution in [0.15, 0.2) is 0 Å². The summed E-state index contributed by atoms with van der Waals surface area (Å²) < 4.78 is 0. The molecule has 0 radical (unpaired) electrons. The number of nitrogens with one attached hydrogen (secondary N) is 2. The van der Waals surface area contributed by atoms with E-state index in [4.69, 9.17) is 0 Å². The molecule has 0 spiro atoms. The minimum absolute atomic E-state index is 0.0389. The first kappa shape index (κ1) is 11.0. The zero-order valence-electron chi connectivity index (χ0n) is 8.67. The molecule has 1 aliphatic heterocycles. The highest BCUT2D eigenvalue weighted by Crippen LogP contribution is 2.01. The van der Waals surface area contributed by atoms with Gasteiger partial charge in [-0.15, -0.1) is 0 Å². The van der Waals surface area contributed by atoms with Crippen molar-refractivity contribution in [2.45, 2.75) is 6.42 Å². The Kier molecular flexibility index (Phi) is 3.88. The predicted molar refractivity (Wildman–Crippen MR) is 52.7 cm³/mol. The molecule has 1 rings (SSSR count). The molecule has 0 saturated carbocycles. The van der Waals surface area contributed by atoms with Crippen LogP contribution in [0.2, 0.25) is 0 Å². The van der Waals surface area contributed by atoms with Gasteiger partial charge in [0.2, 0.25) is 11.8 Å². The molecular weight excluding hydrogens is 182 g/mol. The van der Waals surface area contributed by atoms with Gasteiger partial charge in [-0.25, -0.2) is 0 Å².